The number of hydrogen-bond acceptors (Lipinski definition) is 4. The zero-order valence-electron chi connectivity index (χ0n) is 6.07. The minimum Gasteiger partial charge on any atom is -0.481 e. The molecular weight excluding hydrogens is 144 g/mol. The van der Waals surface area contributed by atoms with Crippen LogP contribution in [0.15, 0.2) is 12.1 Å². The summed E-state index contributed by atoms with van der Waals surface area (Å²) >= 11 is 0. The summed E-state index contributed by atoms with van der Waals surface area (Å²) in [6.07, 6.45) is 0.655. The number of nitrogens with two attached hydrogens (primary N) is 1. The van der Waals surface area contributed by atoms with Crippen molar-refractivity contribution in [3.05, 3.63) is 17.7 Å². The fraction of sp³-hybridized carbons (Fsp3) is 0.143. The lowest BCUT2D eigenvalue weighted by molar-refractivity contribution is 0.112. The number of anilines is 1. The van der Waals surface area contributed by atoms with E-state index in [0.29, 0.717) is 17.7 Å². The number of aldehydes is 1. The minimum absolute atomic E-state index is 0.194. The third-order valence-electron chi connectivity index (χ3n) is 1.27. The Labute approximate surface area is 64.0 Å². The van der Waals surface area contributed by atoms with E-state index in [4.69, 9.17) is 10.5 Å². The number of rotatable bonds is 2. The van der Waals surface area contributed by atoms with Crippen LogP contribution in [0.2, 0.25) is 0 Å². The highest BCUT2D eigenvalue weighted by Gasteiger charge is 1.99. The molecular formula is C7H8N2O2. The number of carbonyl (C=O) groups excluding carboxylic acids is 1. The van der Waals surface area contributed by atoms with Gasteiger partial charge in [-0.2, -0.15) is 4.98 Å². The Morgan fingerprint density at radius 1 is 1.64 bits per heavy atom. The molecule has 0 bridgehead atoms. The van der Waals surface area contributed by atoms with Gasteiger partial charge in [-0.25, -0.2) is 0 Å². The predicted molar refractivity (Wildman–Crippen MR) is 40.6 cm³/mol. The SMILES string of the molecule is COc1ccc(C=O)c(N)n1. The monoisotopic (exact) mass is 152 g/mol. The summed E-state index contributed by atoms with van der Waals surface area (Å²) < 4.78 is 4.79. The maximum atomic E-state index is 10.3. The van der Waals surface area contributed by atoms with Gasteiger partial charge in [0.25, 0.3) is 0 Å². The van der Waals surface area contributed by atoms with Gasteiger partial charge in [-0.1, -0.05) is 0 Å². The molecule has 2 N–H and O–H groups in total. The van der Waals surface area contributed by atoms with Crippen LogP contribution in [-0.4, -0.2) is 18.4 Å². The number of ether oxygens (including phenoxy) is 1. The highest BCUT2D eigenvalue weighted by atomic mass is 16.5. The highest BCUT2D eigenvalue weighted by Crippen LogP contribution is 2.11. The molecule has 4 nitrogen and oxygen atoms in total. The van der Waals surface area contributed by atoms with Crippen LogP contribution in [0.1, 0.15) is 10.4 Å². The van der Waals surface area contributed by atoms with Crippen LogP contribution < -0.4 is 10.5 Å². The fourth-order valence-corrected chi connectivity index (χ4v) is 0.680. The quantitative estimate of drug-likeness (QED) is 0.626. The van der Waals surface area contributed by atoms with Crippen molar-refractivity contribution < 1.29 is 9.53 Å². The van der Waals surface area contributed by atoms with E-state index in [1.807, 2.05) is 0 Å². The number of nitrogen functional groups attached to an aromatic ring is 1. The maximum absolute atomic E-state index is 10.3. The largest absolute Gasteiger partial charge is 0.481 e. The van der Waals surface area contributed by atoms with Gasteiger partial charge in [0, 0.05) is 6.07 Å². The first-order chi connectivity index (χ1) is 5.27. The highest BCUT2D eigenvalue weighted by molar-refractivity contribution is 5.81. The van der Waals surface area contributed by atoms with E-state index in [-0.39, 0.29) is 5.82 Å². The summed E-state index contributed by atoms with van der Waals surface area (Å²) in [5, 5.41) is 0. The Morgan fingerprint density at radius 3 is 2.82 bits per heavy atom. The van der Waals surface area contributed by atoms with E-state index in [0.717, 1.165) is 0 Å². The standard InChI is InChI=1S/C7H8N2O2/c1-11-6-3-2-5(4-10)7(8)9-6/h2-4H,1H3,(H2,8,9). The summed E-state index contributed by atoms with van der Waals surface area (Å²) in [6, 6.07) is 3.15. The average Bonchev–Trinajstić information content (AvgIpc) is 2.04. The summed E-state index contributed by atoms with van der Waals surface area (Å²) in [7, 11) is 1.49. The van der Waals surface area contributed by atoms with Crippen LogP contribution in [0.3, 0.4) is 0 Å². The molecule has 0 aliphatic heterocycles. The molecule has 0 fully saturated rings. The number of nitrogens with zero attached hydrogens (tertiary/aromatic N) is 1. The molecule has 0 aliphatic carbocycles. The van der Waals surface area contributed by atoms with Crippen molar-refractivity contribution in [1.82, 2.24) is 4.98 Å². The normalized spacial score (nSPS) is 9.18. The van der Waals surface area contributed by atoms with Gasteiger partial charge in [-0.05, 0) is 6.07 Å². The number of methoxy groups -OCH3 is 1. The molecule has 11 heavy (non-hydrogen) atoms. The molecule has 0 spiro atoms. The van der Waals surface area contributed by atoms with Crippen molar-refractivity contribution in [1.29, 1.82) is 0 Å². The van der Waals surface area contributed by atoms with Gasteiger partial charge in [0.2, 0.25) is 5.88 Å². The summed E-state index contributed by atoms with van der Waals surface area (Å²) in [6.45, 7) is 0. The Balaban J connectivity index is 3.09. The van der Waals surface area contributed by atoms with Crippen LogP contribution >= 0.6 is 0 Å². The van der Waals surface area contributed by atoms with Gasteiger partial charge < -0.3 is 10.5 Å². The van der Waals surface area contributed by atoms with Crippen molar-refractivity contribution in [3.8, 4) is 5.88 Å². The summed E-state index contributed by atoms with van der Waals surface area (Å²) in [4.78, 5) is 14.1. The molecule has 58 valence electrons. The van der Waals surface area contributed by atoms with Gasteiger partial charge in [-0.15, -0.1) is 0 Å². The Hall–Kier alpha value is -1.58. The molecule has 1 heterocycles. The molecule has 0 saturated heterocycles. The third kappa shape index (κ3) is 1.46. The van der Waals surface area contributed by atoms with Crippen LogP contribution in [0, 0.1) is 0 Å². The molecule has 0 radical (unpaired) electrons. The minimum atomic E-state index is 0.194. The smallest absolute Gasteiger partial charge is 0.214 e. The number of pyridine rings is 1. The first-order valence-electron chi connectivity index (χ1n) is 3.03. The van der Waals surface area contributed by atoms with Gasteiger partial charge in [0.05, 0.1) is 12.7 Å². The first kappa shape index (κ1) is 7.53. The molecule has 1 aromatic heterocycles. The van der Waals surface area contributed by atoms with Gasteiger partial charge >= 0.3 is 0 Å². The first-order valence-corrected chi connectivity index (χ1v) is 3.03. The number of hydrogen-bond donors (Lipinski definition) is 1. The lowest BCUT2D eigenvalue weighted by Crippen LogP contribution is -1.98. The Morgan fingerprint density at radius 2 is 2.36 bits per heavy atom. The third-order valence-corrected chi connectivity index (χ3v) is 1.27. The Kier molecular flexibility index (Phi) is 2.06. The lowest BCUT2D eigenvalue weighted by atomic mass is 10.3. The van der Waals surface area contributed by atoms with E-state index < -0.39 is 0 Å². The van der Waals surface area contributed by atoms with Gasteiger partial charge in [0.1, 0.15) is 5.82 Å². The van der Waals surface area contributed by atoms with Crippen molar-refractivity contribution >= 4 is 12.1 Å². The fourth-order valence-electron chi connectivity index (χ4n) is 0.680. The van der Waals surface area contributed by atoms with E-state index >= 15 is 0 Å². The second kappa shape index (κ2) is 3.01. The molecule has 0 aromatic carbocycles. The topological polar surface area (TPSA) is 65.2 Å². The van der Waals surface area contributed by atoms with E-state index in [2.05, 4.69) is 4.98 Å². The van der Waals surface area contributed by atoms with Crippen molar-refractivity contribution in [2.75, 3.05) is 12.8 Å². The molecule has 1 rings (SSSR count). The summed E-state index contributed by atoms with van der Waals surface area (Å²) in [5.41, 5.74) is 5.77. The van der Waals surface area contributed by atoms with Crippen LogP contribution in [0.4, 0.5) is 5.82 Å². The Bertz CT molecular complexity index is 273. The molecule has 0 unspecified atom stereocenters. The molecule has 0 atom stereocenters. The van der Waals surface area contributed by atoms with Crippen LogP contribution in [0.25, 0.3) is 0 Å². The van der Waals surface area contributed by atoms with Gasteiger partial charge in [-0.3, -0.25) is 4.79 Å². The van der Waals surface area contributed by atoms with Crippen molar-refractivity contribution in [2.45, 2.75) is 0 Å². The average molecular weight is 152 g/mol. The molecule has 0 saturated carbocycles. The second-order valence-corrected chi connectivity index (χ2v) is 1.95. The zero-order chi connectivity index (χ0) is 8.27. The molecule has 4 heteroatoms. The maximum Gasteiger partial charge on any atom is 0.214 e. The van der Waals surface area contributed by atoms with Crippen LogP contribution in [-0.2, 0) is 0 Å². The number of carbonyl (C=O) groups is 1. The second-order valence-electron chi connectivity index (χ2n) is 1.95. The van der Waals surface area contributed by atoms with Crippen molar-refractivity contribution in [2.24, 2.45) is 0 Å². The molecule has 0 aliphatic rings. The molecule has 0 amide bonds. The number of aromatic nitrogens is 1. The predicted octanol–water partition coefficient (Wildman–Crippen LogP) is 0.485. The van der Waals surface area contributed by atoms with Crippen LogP contribution in [0.5, 0.6) is 5.88 Å². The molecule has 1 aromatic rings. The van der Waals surface area contributed by atoms with E-state index in [9.17, 15) is 4.79 Å². The van der Waals surface area contributed by atoms with Crippen molar-refractivity contribution in [3.63, 3.8) is 0 Å². The van der Waals surface area contributed by atoms with E-state index in [1.165, 1.54) is 7.11 Å². The lowest BCUT2D eigenvalue weighted by Gasteiger charge is -2.00. The zero-order valence-corrected chi connectivity index (χ0v) is 6.07. The van der Waals surface area contributed by atoms with E-state index in [1.54, 1.807) is 12.1 Å². The summed E-state index contributed by atoms with van der Waals surface area (Å²) in [5.74, 6) is 0.604. The van der Waals surface area contributed by atoms with Gasteiger partial charge in [0.15, 0.2) is 6.29 Å².